The Morgan fingerprint density at radius 2 is 2.15 bits per heavy atom. The molecule has 7 heteroatoms. The van der Waals surface area contributed by atoms with Gasteiger partial charge in [-0.2, -0.15) is 4.31 Å². The van der Waals surface area contributed by atoms with Crippen molar-refractivity contribution in [3.8, 4) is 0 Å². The predicted octanol–water partition coefficient (Wildman–Crippen LogP) is 0.931. The summed E-state index contributed by atoms with van der Waals surface area (Å²) in [6.07, 6.45) is 2.50. The van der Waals surface area contributed by atoms with Crippen LogP contribution in [0.15, 0.2) is 23.1 Å². The molecule has 6 nitrogen and oxygen atoms in total. The minimum Gasteiger partial charge on any atom is -0.398 e. The molecule has 0 aromatic heterocycles. The van der Waals surface area contributed by atoms with E-state index in [1.54, 1.807) is 0 Å². The summed E-state index contributed by atoms with van der Waals surface area (Å²) >= 11 is 0. The van der Waals surface area contributed by atoms with Gasteiger partial charge in [-0.15, -0.1) is 0 Å². The van der Waals surface area contributed by atoms with Crippen LogP contribution >= 0.6 is 0 Å². The quantitative estimate of drug-likeness (QED) is 0.806. The largest absolute Gasteiger partial charge is 0.398 e. The number of carbonyl (C=O) groups excluding carboxylic acids is 1. The van der Waals surface area contributed by atoms with E-state index in [1.165, 1.54) is 22.5 Å². The molecule has 1 saturated heterocycles. The van der Waals surface area contributed by atoms with E-state index in [4.69, 9.17) is 11.5 Å². The molecule has 1 aromatic rings. The van der Waals surface area contributed by atoms with E-state index in [2.05, 4.69) is 0 Å². The second-order valence-corrected chi connectivity index (χ2v) is 6.80. The normalized spacial score (nSPS) is 20.1. The number of rotatable bonds is 4. The van der Waals surface area contributed by atoms with Gasteiger partial charge in [0.1, 0.15) is 4.90 Å². The summed E-state index contributed by atoms with van der Waals surface area (Å²) in [5, 5.41) is 0. The standard InChI is InChI=1S/C13H19N3O3S/c1-2-10-4-3-7-16(10)20(18,19)12-6-5-9(13(15)17)8-11(12)14/h5-6,8,10H,2-4,7,14H2,1H3,(H2,15,17). The lowest BCUT2D eigenvalue weighted by Gasteiger charge is -2.23. The summed E-state index contributed by atoms with van der Waals surface area (Å²) in [6, 6.07) is 4.08. The summed E-state index contributed by atoms with van der Waals surface area (Å²) < 4.78 is 26.8. The minimum atomic E-state index is -3.62. The number of anilines is 1. The second kappa shape index (κ2) is 5.41. The number of amides is 1. The number of benzene rings is 1. The van der Waals surface area contributed by atoms with Crippen molar-refractivity contribution in [2.24, 2.45) is 5.73 Å². The van der Waals surface area contributed by atoms with Gasteiger partial charge in [-0.3, -0.25) is 4.79 Å². The molecule has 2 rings (SSSR count). The van der Waals surface area contributed by atoms with E-state index in [0.717, 1.165) is 19.3 Å². The lowest BCUT2D eigenvalue weighted by molar-refractivity contribution is 0.1000. The van der Waals surface area contributed by atoms with Gasteiger partial charge in [0, 0.05) is 18.2 Å². The van der Waals surface area contributed by atoms with Crippen LogP contribution in [0.4, 0.5) is 5.69 Å². The molecule has 1 fully saturated rings. The first kappa shape index (κ1) is 14.8. The van der Waals surface area contributed by atoms with E-state index in [1.807, 2.05) is 6.92 Å². The molecule has 1 aliphatic heterocycles. The number of hydrogen-bond donors (Lipinski definition) is 2. The van der Waals surface area contributed by atoms with E-state index < -0.39 is 15.9 Å². The number of carbonyl (C=O) groups is 1. The third-order valence-corrected chi connectivity index (χ3v) is 5.70. The predicted molar refractivity (Wildman–Crippen MR) is 76.6 cm³/mol. The number of hydrogen-bond acceptors (Lipinski definition) is 4. The Bertz CT molecular complexity index is 628. The lowest BCUT2D eigenvalue weighted by Crippen LogP contribution is -2.35. The molecule has 4 N–H and O–H groups in total. The molecule has 1 aromatic carbocycles. The van der Waals surface area contributed by atoms with E-state index >= 15 is 0 Å². The molecule has 0 spiro atoms. The topological polar surface area (TPSA) is 106 Å². The number of nitrogens with two attached hydrogens (primary N) is 2. The fourth-order valence-electron chi connectivity index (χ4n) is 2.60. The maximum Gasteiger partial charge on any atom is 0.248 e. The van der Waals surface area contributed by atoms with Crippen LogP contribution in [0.5, 0.6) is 0 Å². The van der Waals surface area contributed by atoms with Crippen molar-refractivity contribution in [1.29, 1.82) is 0 Å². The second-order valence-electron chi connectivity index (χ2n) is 4.94. The van der Waals surface area contributed by atoms with Gasteiger partial charge < -0.3 is 11.5 Å². The monoisotopic (exact) mass is 297 g/mol. The first-order valence-corrected chi connectivity index (χ1v) is 8.03. The zero-order chi connectivity index (χ0) is 14.9. The van der Waals surface area contributed by atoms with Crippen molar-refractivity contribution in [1.82, 2.24) is 4.31 Å². The van der Waals surface area contributed by atoms with E-state index in [0.29, 0.717) is 6.54 Å². The third-order valence-electron chi connectivity index (χ3n) is 3.68. The smallest absolute Gasteiger partial charge is 0.248 e. The molecule has 0 aliphatic carbocycles. The van der Waals surface area contributed by atoms with Gasteiger partial charge in [-0.05, 0) is 37.5 Å². The van der Waals surface area contributed by atoms with Gasteiger partial charge in [0.15, 0.2) is 0 Å². The highest BCUT2D eigenvalue weighted by molar-refractivity contribution is 7.89. The summed E-state index contributed by atoms with van der Waals surface area (Å²) in [5.74, 6) is -0.631. The molecule has 1 aliphatic rings. The number of nitrogens with zero attached hydrogens (tertiary/aromatic N) is 1. The van der Waals surface area contributed by atoms with Crippen molar-refractivity contribution in [3.05, 3.63) is 23.8 Å². The highest BCUT2D eigenvalue weighted by atomic mass is 32.2. The first-order chi connectivity index (χ1) is 9.37. The first-order valence-electron chi connectivity index (χ1n) is 6.59. The average Bonchev–Trinajstić information content (AvgIpc) is 2.87. The number of sulfonamides is 1. The zero-order valence-corrected chi connectivity index (χ0v) is 12.2. The lowest BCUT2D eigenvalue weighted by atomic mass is 10.2. The average molecular weight is 297 g/mol. The Balaban J connectivity index is 2.42. The summed E-state index contributed by atoms with van der Waals surface area (Å²) in [5.41, 5.74) is 11.2. The Hall–Kier alpha value is -1.60. The fraction of sp³-hybridized carbons (Fsp3) is 0.462. The van der Waals surface area contributed by atoms with E-state index in [9.17, 15) is 13.2 Å². The molecular formula is C13H19N3O3S. The molecule has 0 radical (unpaired) electrons. The molecular weight excluding hydrogens is 278 g/mol. The maximum absolute atomic E-state index is 12.6. The molecule has 0 saturated carbocycles. The number of nitrogen functional groups attached to an aromatic ring is 1. The SMILES string of the molecule is CCC1CCCN1S(=O)(=O)c1ccc(C(N)=O)cc1N. The summed E-state index contributed by atoms with van der Waals surface area (Å²) in [6.45, 7) is 2.48. The molecule has 1 heterocycles. The highest BCUT2D eigenvalue weighted by Crippen LogP contribution is 2.30. The van der Waals surface area contributed by atoms with Gasteiger partial charge in [-0.1, -0.05) is 6.92 Å². The van der Waals surface area contributed by atoms with Crippen molar-refractivity contribution in [3.63, 3.8) is 0 Å². The summed E-state index contributed by atoms with van der Waals surface area (Å²) in [7, 11) is -3.62. The van der Waals surface area contributed by atoms with Crippen LogP contribution in [0.25, 0.3) is 0 Å². The van der Waals surface area contributed by atoms with Gasteiger partial charge in [0.05, 0.1) is 5.69 Å². The molecule has 1 unspecified atom stereocenters. The Kier molecular flexibility index (Phi) is 4.01. The Morgan fingerprint density at radius 3 is 2.70 bits per heavy atom. The van der Waals surface area contributed by atoms with Gasteiger partial charge >= 0.3 is 0 Å². The van der Waals surface area contributed by atoms with Crippen molar-refractivity contribution < 1.29 is 13.2 Å². The van der Waals surface area contributed by atoms with E-state index in [-0.39, 0.29) is 22.2 Å². The van der Waals surface area contributed by atoms with Crippen LogP contribution in [0.2, 0.25) is 0 Å². The maximum atomic E-state index is 12.6. The summed E-state index contributed by atoms with van der Waals surface area (Å²) in [4.78, 5) is 11.1. The molecule has 1 atom stereocenters. The van der Waals surface area contributed by atoms with Crippen molar-refractivity contribution >= 4 is 21.6 Å². The van der Waals surface area contributed by atoms with Crippen LogP contribution < -0.4 is 11.5 Å². The molecule has 1 amide bonds. The highest BCUT2D eigenvalue weighted by Gasteiger charge is 2.35. The molecule has 0 bridgehead atoms. The third kappa shape index (κ3) is 2.51. The Morgan fingerprint density at radius 1 is 1.45 bits per heavy atom. The van der Waals surface area contributed by atoms with Crippen LogP contribution in [0.1, 0.15) is 36.5 Å². The van der Waals surface area contributed by atoms with Gasteiger partial charge in [0.2, 0.25) is 15.9 Å². The number of primary amides is 1. The van der Waals surface area contributed by atoms with Gasteiger partial charge in [0.25, 0.3) is 0 Å². The fourth-order valence-corrected chi connectivity index (χ4v) is 4.46. The van der Waals surface area contributed by atoms with Crippen LogP contribution in [-0.4, -0.2) is 31.2 Å². The minimum absolute atomic E-state index is 0.0233. The molecule has 20 heavy (non-hydrogen) atoms. The zero-order valence-electron chi connectivity index (χ0n) is 11.4. The molecule has 110 valence electrons. The Labute approximate surface area is 118 Å². The van der Waals surface area contributed by atoms with Crippen LogP contribution in [-0.2, 0) is 10.0 Å². The van der Waals surface area contributed by atoms with Crippen LogP contribution in [0, 0.1) is 0 Å². The van der Waals surface area contributed by atoms with Crippen LogP contribution in [0.3, 0.4) is 0 Å². The van der Waals surface area contributed by atoms with Gasteiger partial charge in [-0.25, -0.2) is 8.42 Å². The van der Waals surface area contributed by atoms with Crippen molar-refractivity contribution in [2.45, 2.75) is 37.1 Å². The van der Waals surface area contributed by atoms with Crippen molar-refractivity contribution in [2.75, 3.05) is 12.3 Å².